The first-order valence-corrected chi connectivity index (χ1v) is 6.75. The average Bonchev–Trinajstić information content (AvgIpc) is 2.26. The second-order valence-corrected chi connectivity index (χ2v) is 5.96. The van der Waals surface area contributed by atoms with Crippen molar-refractivity contribution in [3.8, 4) is 5.88 Å². The fourth-order valence-electron chi connectivity index (χ4n) is 2.07. The quantitative estimate of drug-likeness (QED) is 0.800. The average molecular weight is 300 g/mol. The second kappa shape index (κ2) is 5.21. The summed E-state index contributed by atoms with van der Waals surface area (Å²) in [5, 5.41) is 0. The molecule has 1 aliphatic carbocycles. The molecule has 94 valence electrons. The zero-order valence-electron chi connectivity index (χ0n) is 10.5. The molecular weight excluding hydrogens is 282 g/mol. The number of hydrogen-bond donors (Lipinski definition) is 0. The van der Waals surface area contributed by atoms with Crippen molar-refractivity contribution in [3.05, 3.63) is 11.8 Å². The first kappa shape index (κ1) is 12.6. The molecule has 0 amide bonds. The molecule has 1 aromatic heterocycles. The van der Waals surface area contributed by atoms with Crippen LogP contribution in [0.5, 0.6) is 5.88 Å². The summed E-state index contributed by atoms with van der Waals surface area (Å²) in [6.45, 7) is 2.97. The maximum atomic E-state index is 5.16. The Balaban J connectivity index is 2.02. The number of rotatable bonds is 4. The van der Waals surface area contributed by atoms with Gasteiger partial charge in [0, 0.05) is 30.2 Å². The van der Waals surface area contributed by atoms with Crippen molar-refractivity contribution < 1.29 is 4.74 Å². The van der Waals surface area contributed by atoms with E-state index in [1.54, 1.807) is 7.11 Å². The van der Waals surface area contributed by atoms with Gasteiger partial charge in [-0.2, -0.15) is 4.98 Å². The predicted octanol–water partition coefficient (Wildman–Crippen LogP) is 2.40. The van der Waals surface area contributed by atoms with Crippen LogP contribution in [0.3, 0.4) is 0 Å². The number of methoxy groups -OCH3 is 1. The molecule has 0 unspecified atom stereocenters. The summed E-state index contributed by atoms with van der Waals surface area (Å²) in [6.07, 6.45) is 2.49. The van der Waals surface area contributed by atoms with Gasteiger partial charge in [0.2, 0.25) is 11.8 Å². The maximum Gasteiger partial charge on any atom is 0.228 e. The van der Waals surface area contributed by atoms with E-state index >= 15 is 0 Å². The largest absolute Gasteiger partial charge is 0.481 e. The smallest absolute Gasteiger partial charge is 0.228 e. The zero-order valence-corrected chi connectivity index (χ0v) is 12.1. The molecule has 4 nitrogen and oxygen atoms in total. The first-order chi connectivity index (χ1) is 8.08. The third-order valence-corrected chi connectivity index (χ3v) is 3.83. The van der Waals surface area contributed by atoms with Crippen molar-refractivity contribution in [2.45, 2.75) is 24.6 Å². The van der Waals surface area contributed by atoms with Gasteiger partial charge in [-0.15, -0.1) is 0 Å². The minimum absolute atomic E-state index is 0.631. The van der Waals surface area contributed by atoms with E-state index in [1.807, 2.05) is 20.0 Å². The van der Waals surface area contributed by atoms with Crippen LogP contribution in [-0.2, 0) is 0 Å². The summed E-state index contributed by atoms with van der Waals surface area (Å²) in [6, 6.07) is 1.84. The van der Waals surface area contributed by atoms with Crippen molar-refractivity contribution in [2.24, 2.45) is 5.92 Å². The Labute approximate surface area is 111 Å². The number of anilines is 1. The molecule has 1 heterocycles. The van der Waals surface area contributed by atoms with Gasteiger partial charge in [-0.05, 0) is 25.7 Å². The van der Waals surface area contributed by atoms with Gasteiger partial charge in [0.05, 0.1) is 7.11 Å². The fourth-order valence-corrected chi connectivity index (χ4v) is 3.13. The summed E-state index contributed by atoms with van der Waals surface area (Å²) >= 11 is 3.61. The van der Waals surface area contributed by atoms with Gasteiger partial charge in [0.15, 0.2) is 0 Å². The highest BCUT2D eigenvalue weighted by molar-refractivity contribution is 9.09. The number of nitrogens with zero attached hydrogens (tertiary/aromatic N) is 3. The van der Waals surface area contributed by atoms with Gasteiger partial charge in [0.1, 0.15) is 0 Å². The van der Waals surface area contributed by atoms with E-state index in [4.69, 9.17) is 4.74 Å². The Morgan fingerprint density at radius 2 is 2.18 bits per heavy atom. The molecular formula is C12H18BrN3O. The van der Waals surface area contributed by atoms with E-state index in [9.17, 15) is 0 Å². The van der Waals surface area contributed by atoms with Crippen molar-refractivity contribution in [3.63, 3.8) is 0 Å². The highest BCUT2D eigenvalue weighted by Crippen LogP contribution is 2.34. The molecule has 0 saturated heterocycles. The number of aromatic nitrogens is 2. The van der Waals surface area contributed by atoms with Crippen LogP contribution >= 0.6 is 15.9 Å². The molecule has 0 N–H and O–H groups in total. The van der Waals surface area contributed by atoms with Gasteiger partial charge in [0.25, 0.3) is 0 Å². The Morgan fingerprint density at radius 1 is 1.47 bits per heavy atom. The molecule has 17 heavy (non-hydrogen) atoms. The number of aryl methyl sites for hydroxylation is 1. The van der Waals surface area contributed by atoms with E-state index in [-0.39, 0.29) is 0 Å². The van der Waals surface area contributed by atoms with Crippen molar-refractivity contribution >= 4 is 21.9 Å². The summed E-state index contributed by atoms with van der Waals surface area (Å²) in [5.41, 5.74) is 0.936. The number of hydrogen-bond acceptors (Lipinski definition) is 4. The molecule has 1 fully saturated rings. The molecule has 2 rings (SSSR count). The lowest BCUT2D eigenvalue weighted by Crippen LogP contribution is -2.35. The molecule has 0 aliphatic heterocycles. The minimum atomic E-state index is 0.631. The molecule has 5 heteroatoms. The zero-order chi connectivity index (χ0) is 12.4. The topological polar surface area (TPSA) is 38.2 Å². The van der Waals surface area contributed by atoms with Crippen LogP contribution in [0.25, 0.3) is 0 Å². The Bertz CT molecular complexity index is 393. The van der Waals surface area contributed by atoms with Gasteiger partial charge < -0.3 is 9.64 Å². The molecule has 1 aromatic rings. The SMILES string of the molecule is COc1cc(C)nc(N(C)CC2CC(Br)C2)n1. The highest BCUT2D eigenvalue weighted by atomic mass is 79.9. The van der Waals surface area contributed by atoms with E-state index in [0.717, 1.165) is 24.1 Å². The van der Waals surface area contributed by atoms with E-state index in [2.05, 4.69) is 30.8 Å². The summed E-state index contributed by atoms with van der Waals surface area (Å²) < 4.78 is 5.16. The lowest BCUT2D eigenvalue weighted by molar-refractivity contribution is 0.337. The van der Waals surface area contributed by atoms with E-state index in [0.29, 0.717) is 10.7 Å². The lowest BCUT2D eigenvalue weighted by Gasteiger charge is -2.34. The van der Waals surface area contributed by atoms with Crippen molar-refractivity contribution in [1.29, 1.82) is 0 Å². The summed E-state index contributed by atoms with van der Waals surface area (Å²) in [4.78, 5) is 11.6. The summed E-state index contributed by atoms with van der Waals surface area (Å²) in [5.74, 6) is 2.13. The number of alkyl halides is 1. The third-order valence-electron chi connectivity index (χ3n) is 3.08. The van der Waals surface area contributed by atoms with Gasteiger partial charge in [-0.3, -0.25) is 0 Å². The van der Waals surface area contributed by atoms with Crippen LogP contribution in [0.15, 0.2) is 6.07 Å². The first-order valence-electron chi connectivity index (χ1n) is 5.83. The molecule has 0 atom stereocenters. The molecule has 0 aromatic carbocycles. The Morgan fingerprint density at radius 3 is 2.76 bits per heavy atom. The summed E-state index contributed by atoms with van der Waals surface area (Å²) in [7, 11) is 3.67. The molecule has 0 spiro atoms. The standard InChI is InChI=1S/C12H18BrN3O/c1-8-4-11(17-3)15-12(14-8)16(2)7-9-5-10(13)6-9/h4,9-10H,5-7H2,1-3H3. The number of ether oxygens (including phenoxy) is 1. The lowest BCUT2D eigenvalue weighted by atomic mass is 9.85. The Kier molecular flexibility index (Phi) is 3.86. The maximum absolute atomic E-state index is 5.16. The molecule has 0 radical (unpaired) electrons. The van der Waals surface area contributed by atoms with Crippen molar-refractivity contribution in [2.75, 3.05) is 25.6 Å². The highest BCUT2D eigenvalue weighted by Gasteiger charge is 2.28. The number of halogens is 1. The second-order valence-electron chi connectivity index (χ2n) is 4.67. The van der Waals surface area contributed by atoms with Crippen LogP contribution in [0.2, 0.25) is 0 Å². The van der Waals surface area contributed by atoms with Gasteiger partial charge in [-0.25, -0.2) is 4.98 Å². The predicted molar refractivity (Wildman–Crippen MR) is 72.0 cm³/mol. The van der Waals surface area contributed by atoms with Crippen LogP contribution < -0.4 is 9.64 Å². The molecule has 0 bridgehead atoms. The van der Waals surface area contributed by atoms with Crippen LogP contribution in [0.4, 0.5) is 5.95 Å². The van der Waals surface area contributed by atoms with Crippen LogP contribution in [0, 0.1) is 12.8 Å². The monoisotopic (exact) mass is 299 g/mol. The molecule has 1 aliphatic rings. The Hall–Kier alpha value is -0.840. The third kappa shape index (κ3) is 3.09. The van der Waals surface area contributed by atoms with E-state index in [1.165, 1.54) is 12.8 Å². The van der Waals surface area contributed by atoms with Crippen LogP contribution in [-0.4, -0.2) is 35.5 Å². The normalized spacial score (nSPS) is 23.1. The van der Waals surface area contributed by atoms with Crippen molar-refractivity contribution in [1.82, 2.24) is 9.97 Å². The van der Waals surface area contributed by atoms with Crippen LogP contribution in [0.1, 0.15) is 18.5 Å². The van der Waals surface area contributed by atoms with Gasteiger partial charge in [-0.1, -0.05) is 15.9 Å². The minimum Gasteiger partial charge on any atom is -0.481 e. The molecule has 1 saturated carbocycles. The fraction of sp³-hybridized carbons (Fsp3) is 0.667. The van der Waals surface area contributed by atoms with Gasteiger partial charge >= 0.3 is 0 Å². The van der Waals surface area contributed by atoms with E-state index < -0.39 is 0 Å².